The third-order valence-corrected chi connectivity index (χ3v) is 4.35. The number of pyridine rings is 1. The molecule has 0 amide bonds. The zero-order chi connectivity index (χ0) is 17.6. The van der Waals surface area contributed by atoms with Crippen molar-refractivity contribution in [1.29, 1.82) is 0 Å². The molecule has 0 saturated carbocycles. The van der Waals surface area contributed by atoms with Crippen LogP contribution in [0.3, 0.4) is 0 Å². The standard InChI is InChI=1S/C20H26N4O/c1-4-5-6-11-25-19-12-15(2)7-8-16(19)13-22-20-23-17-14-21-10-9-18(17)24(20)3/h7-10,12,14H,4-6,11,13H2,1-3H3,(H,22,23). The lowest BCUT2D eigenvalue weighted by Gasteiger charge is -2.13. The summed E-state index contributed by atoms with van der Waals surface area (Å²) in [6.45, 7) is 5.74. The Labute approximate surface area is 149 Å². The van der Waals surface area contributed by atoms with Gasteiger partial charge in [-0.05, 0) is 31.0 Å². The molecule has 0 radical (unpaired) electrons. The van der Waals surface area contributed by atoms with Crippen molar-refractivity contribution in [2.24, 2.45) is 7.05 Å². The van der Waals surface area contributed by atoms with Crippen molar-refractivity contribution in [3.8, 4) is 5.75 Å². The highest BCUT2D eigenvalue weighted by Crippen LogP contribution is 2.23. The van der Waals surface area contributed by atoms with E-state index < -0.39 is 0 Å². The molecule has 0 atom stereocenters. The molecule has 2 heterocycles. The normalized spacial score (nSPS) is 11.0. The topological polar surface area (TPSA) is 52.0 Å². The lowest BCUT2D eigenvalue weighted by Crippen LogP contribution is -2.07. The maximum Gasteiger partial charge on any atom is 0.203 e. The fourth-order valence-corrected chi connectivity index (χ4v) is 2.86. The fourth-order valence-electron chi connectivity index (χ4n) is 2.86. The first kappa shape index (κ1) is 17.3. The van der Waals surface area contributed by atoms with Crippen molar-refractivity contribution >= 4 is 17.0 Å². The maximum absolute atomic E-state index is 6.02. The quantitative estimate of drug-likeness (QED) is 0.616. The lowest BCUT2D eigenvalue weighted by atomic mass is 10.1. The Morgan fingerprint density at radius 1 is 1.20 bits per heavy atom. The molecule has 132 valence electrons. The Balaban J connectivity index is 1.72. The highest BCUT2D eigenvalue weighted by Gasteiger charge is 2.09. The van der Waals surface area contributed by atoms with Gasteiger partial charge in [0.2, 0.25) is 5.95 Å². The molecule has 2 aromatic heterocycles. The smallest absolute Gasteiger partial charge is 0.203 e. The van der Waals surface area contributed by atoms with Crippen LogP contribution in [-0.4, -0.2) is 21.1 Å². The average Bonchev–Trinajstić information content (AvgIpc) is 2.94. The van der Waals surface area contributed by atoms with Gasteiger partial charge in [-0.3, -0.25) is 4.98 Å². The van der Waals surface area contributed by atoms with Crippen molar-refractivity contribution in [1.82, 2.24) is 14.5 Å². The number of aromatic nitrogens is 3. The molecule has 1 aromatic carbocycles. The number of fused-ring (bicyclic) bond motifs is 1. The molecule has 0 spiro atoms. The minimum absolute atomic E-state index is 0.675. The predicted molar refractivity (Wildman–Crippen MR) is 102 cm³/mol. The molecule has 3 rings (SSSR count). The molecule has 0 saturated heterocycles. The minimum Gasteiger partial charge on any atom is -0.493 e. The van der Waals surface area contributed by atoms with Gasteiger partial charge in [-0.1, -0.05) is 31.9 Å². The molecule has 5 nitrogen and oxygen atoms in total. The van der Waals surface area contributed by atoms with Crippen LogP contribution in [-0.2, 0) is 13.6 Å². The second kappa shape index (κ2) is 8.01. The number of imidazole rings is 1. The highest BCUT2D eigenvalue weighted by atomic mass is 16.5. The molecule has 0 unspecified atom stereocenters. The summed E-state index contributed by atoms with van der Waals surface area (Å²) < 4.78 is 8.07. The summed E-state index contributed by atoms with van der Waals surface area (Å²) >= 11 is 0. The number of unbranched alkanes of at least 4 members (excludes halogenated alkanes) is 2. The van der Waals surface area contributed by atoms with Gasteiger partial charge < -0.3 is 14.6 Å². The average molecular weight is 338 g/mol. The molecule has 0 aliphatic heterocycles. The number of aryl methyl sites for hydroxylation is 2. The number of hydrogen-bond donors (Lipinski definition) is 1. The predicted octanol–water partition coefficient (Wildman–Crippen LogP) is 4.46. The molecule has 0 aliphatic rings. The zero-order valence-electron chi connectivity index (χ0n) is 15.2. The van der Waals surface area contributed by atoms with E-state index in [1.807, 2.05) is 17.7 Å². The summed E-state index contributed by atoms with van der Waals surface area (Å²) in [6.07, 6.45) is 7.07. The molecule has 0 bridgehead atoms. The molecule has 3 aromatic rings. The number of nitrogens with zero attached hydrogens (tertiary/aromatic N) is 3. The third kappa shape index (κ3) is 4.10. The van der Waals surface area contributed by atoms with E-state index in [2.05, 4.69) is 47.3 Å². The number of nitrogens with one attached hydrogen (secondary N) is 1. The van der Waals surface area contributed by atoms with Crippen molar-refractivity contribution in [2.45, 2.75) is 39.7 Å². The van der Waals surface area contributed by atoms with Crippen LogP contribution in [0.15, 0.2) is 36.7 Å². The first-order valence-corrected chi connectivity index (χ1v) is 8.91. The lowest BCUT2D eigenvalue weighted by molar-refractivity contribution is 0.303. The zero-order valence-corrected chi connectivity index (χ0v) is 15.2. The second-order valence-electron chi connectivity index (χ2n) is 6.38. The summed E-state index contributed by atoms with van der Waals surface area (Å²) in [5.41, 5.74) is 4.32. The largest absolute Gasteiger partial charge is 0.493 e. The van der Waals surface area contributed by atoms with E-state index in [4.69, 9.17) is 4.74 Å². The van der Waals surface area contributed by atoms with Gasteiger partial charge in [0.25, 0.3) is 0 Å². The van der Waals surface area contributed by atoms with Gasteiger partial charge in [0.1, 0.15) is 11.3 Å². The van der Waals surface area contributed by atoms with E-state index in [-0.39, 0.29) is 0 Å². The van der Waals surface area contributed by atoms with Crippen molar-refractivity contribution in [3.05, 3.63) is 47.8 Å². The van der Waals surface area contributed by atoms with E-state index in [1.54, 1.807) is 12.4 Å². The Morgan fingerprint density at radius 2 is 2.08 bits per heavy atom. The first-order valence-electron chi connectivity index (χ1n) is 8.91. The number of ether oxygens (including phenoxy) is 1. The van der Waals surface area contributed by atoms with E-state index in [1.165, 1.54) is 18.4 Å². The van der Waals surface area contributed by atoms with Gasteiger partial charge in [-0.25, -0.2) is 4.98 Å². The number of hydrogen-bond acceptors (Lipinski definition) is 4. The van der Waals surface area contributed by atoms with Gasteiger partial charge in [0, 0.05) is 25.4 Å². The van der Waals surface area contributed by atoms with Crippen LogP contribution in [0.1, 0.15) is 37.3 Å². The second-order valence-corrected chi connectivity index (χ2v) is 6.38. The summed E-state index contributed by atoms with van der Waals surface area (Å²) in [6, 6.07) is 8.33. The first-order chi connectivity index (χ1) is 12.2. The van der Waals surface area contributed by atoms with Crippen LogP contribution < -0.4 is 10.1 Å². The van der Waals surface area contributed by atoms with Crippen LogP contribution in [0.25, 0.3) is 11.0 Å². The Morgan fingerprint density at radius 3 is 2.88 bits per heavy atom. The third-order valence-electron chi connectivity index (χ3n) is 4.35. The van der Waals surface area contributed by atoms with Crippen LogP contribution in [0.5, 0.6) is 5.75 Å². The van der Waals surface area contributed by atoms with Crippen LogP contribution in [0, 0.1) is 6.92 Å². The van der Waals surface area contributed by atoms with Gasteiger partial charge >= 0.3 is 0 Å². The number of rotatable bonds is 8. The van der Waals surface area contributed by atoms with E-state index in [0.29, 0.717) is 6.54 Å². The molecule has 0 fully saturated rings. The molecule has 1 N–H and O–H groups in total. The van der Waals surface area contributed by atoms with Crippen molar-refractivity contribution in [3.63, 3.8) is 0 Å². The maximum atomic E-state index is 6.02. The number of benzene rings is 1. The minimum atomic E-state index is 0.675. The van der Waals surface area contributed by atoms with Crippen LogP contribution in [0.2, 0.25) is 0 Å². The molecule has 5 heteroatoms. The molecule has 0 aliphatic carbocycles. The van der Waals surface area contributed by atoms with Crippen LogP contribution in [0.4, 0.5) is 5.95 Å². The Hall–Kier alpha value is -2.56. The van der Waals surface area contributed by atoms with Gasteiger partial charge in [-0.15, -0.1) is 0 Å². The van der Waals surface area contributed by atoms with E-state index >= 15 is 0 Å². The van der Waals surface area contributed by atoms with Crippen molar-refractivity contribution < 1.29 is 4.74 Å². The van der Waals surface area contributed by atoms with E-state index in [9.17, 15) is 0 Å². The number of anilines is 1. The summed E-state index contributed by atoms with van der Waals surface area (Å²) in [5.74, 6) is 1.80. The SMILES string of the molecule is CCCCCOc1cc(C)ccc1CNc1nc2cnccc2n1C. The Bertz CT molecular complexity index is 841. The molecular formula is C20H26N4O. The molecular weight excluding hydrogens is 312 g/mol. The van der Waals surface area contributed by atoms with Gasteiger partial charge in [0.05, 0.1) is 18.3 Å². The molecule has 25 heavy (non-hydrogen) atoms. The van der Waals surface area contributed by atoms with Gasteiger partial charge in [0.15, 0.2) is 0 Å². The highest BCUT2D eigenvalue weighted by molar-refractivity contribution is 5.77. The van der Waals surface area contributed by atoms with E-state index in [0.717, 1.165) is 41.3 Å². The summed E-state index contributed by atoms with van der Waals surface area (Å²) in [5, 5.41) is 3.42. The summed E-state index contributed by atoms with van der Waals surface area (Å²) in [7, 11) is 2.01. The Kier molecular flexibility index (Phi) is 5.53. The van der Waals surface area contributed by atoms with Crippen molar-refractivity contribution in [2.75, 3.05) is 11.9 Å². The monoisotopic (exact) mass is 338 g/mol. The van der Waals surface area contributed by atoms with Gasteiger partial charge in [-0.2, -0.15) is 0 Å². The summed E-state index contributed by atoms with van der Waals surface area (Å²) in [4.78, 5) is 8.74. The fraction of sp³-hybridized carbons (Fsp3) is 0.400. The van der Waals surface area contributed by atoms with Crippen LogP contribution >= 0.6 is 0 Å².